The van der Waals surface area contributed by atoms with E-state index in [1.165, 1.54) is 12.1 Å². The molecule has 0 saturated carbocycles. The Bertz CT molecular complexity index is 506. The Morgan fingerprint density at radius 2 is 2.31 bits per heavy atom. The third kappa shape index (κ3) is 2.81. The fourth-order valence-corrected chi connectivity index (χ4v) is 1.09. The Morgan fingerprint density at radius 1 is 1.56 bits per heavy atom. The van der Waals surface area contributed by atoms with Gasteiger partial charge in [0.2, 0.25) is 0 Å². The van der Waals surface area contributed by atoms with Gasteiger partial charge in [0.25, 0.3) is 5.69 Å². The summed E-state index contributed by atoms with van der Waals surface area (Å²) in [6.45, 7) is 0.508. The highest BCUT2D eigenvalue weighted by atomic mass is 16.6. The third-order valence-corrected chi connectivity index (χ3v) is 1.81. The molecule has 16 heavy (non-hydrogen) atoms. The van der Waals surface area contributed by atoms with Gasteiger partial charge in [-0.2, -0.15) is 5.26 Å². The van der Waals surface area contributed by atoms with Crippen molar-refractivity contribution in [3.05, 3.63) is 39.4 Å². The molecule has 1 N–H and O–H groups in total. The molecule has 80 valence electrons. The maximum atomic E-state index is 10.7. The summed E-state index contributed by atoms with van der Waals surface area (Å²) in [5, 5.41) is 22.2. The molecule has 0 saturated heterocycles. The lowest BCUT2D eigenvalue weighted by molar-refractivity contribution is -0.385. The molecule has 0 aromatic heterocycles. The highest BCUT2D eigenvalue weighted by molar-refractivity contribution is 5.53. The zero-order valence-electron chi connectivity index (χ0n) is 8.65. The highest BCUT2D eigenvalue weighted by Crippen LogP contribution is 2.18. The second kappa shape index (κ2) is 5.50. The molecule has 0 radical (unpaired) electrons. The van der Waals surface area contributed by atoms with E-state index in [2.05, 4.69) is 17.2 Å². The van der Waals surface area contributed by atoms with Crippen molar-refractivity contribution in [3.63, 3.8) is 0 Å². The molecule has 0 unspecified atom stereocenters. The fourth-order valence-electron chi connectivity index (χ4n) is 1.09. The van der Waals surface area contributed by atoms with Crippen molar-refractivity contribution in [2.45, 2.75) is 0 Å². The lowest BCUT2D eigenvalue weighted by Gasteiger charge is -1.95. The summed E-state index contributed by atoms with van der Waals surface area (Å²) >= 11 is 0. The van der Waals surface area contributed by atoms with Gasteiger partial charge in [-0.1, -0.05) is 11.8 Å². The van der Waals surface area contributed by atoms with E-state index in [-0.39, 0.29) is 11.3 Å². The van der Waals surface area contributed by atoms with Crippen LogP contribution in [0.4, 0.5) is 5.69 Å². The monoisotopic (exact) mass is 215 g/mol. The van der Waals surface area contributed by atoms with Gasteiger partial charge in [0.1, 0.15) is 11.6 Å². The molecule has 0 aliphatic heterocycles. The molecule has 0 atom stereocenters. The van der Waals surface area contributed by atoms with E-state index in [9.17, 15) is 10.1 Å². The number of nitro benzene ring substituents is 1. The van der Waals surface area contributed by atoms with Crippen LogP contribution in [-0.4, -0.2) is 18.5 Å². The van der Waals surface area contributed by atoms with E-state index >= 15 is 0 Å². The van der Waals surface area contributed by atoms with Gasteiger partial charge in [0.15, 0.2) is 0 Å². The van der Waals surface area contributed by atoms with Crippen molar-refractivity contribution >= 4 is 5.69 Å². The molecule has 0 spiro atoms. The van der Waals surface area contributed by atoms with Crippen molar-refractivity contribution < 1.29 is 4.92 Å². The summed E-state index contributed by atoms with van der Waals surface area (Å²) in [7, 11) is 1.76. The molecular weight excluding hydrogens is 206 g/mol. The second-order valence-electron chi connectivity index (χ2n) is 2.93. The van der Waals surface area contributed by atoms with Crippen molar-refractivity contribution in [2.24, 2.45) is 0 Å². The first-order chi connectivity index (χ1) is 7.69. The lowest BCUT2D eigenvalue weighted by Crippen LogP contribution is -2.04. The van der Waals surface area contributed by atoms with Crippen LogP contribution in [0.5, 0.6) is 0 Å². The van der Waals surface area contributed by atoms with Crippen LogP contribution in [0.25, 0.3) is 0 Å². The number of hydrogen-bond acceptors (Lipinski definition) is 4. The van der Waals surface area contributed by atoms with Crippen molar-refractivity contribution in [2.75, 3.05) is 13.6 Å². The fraction of sp³-hybridized carbons (Fsp3) is 0.182. The zero-order chi connectivity index (χ0) is 12.0. The quantitative estimate of drug-likeness (QED) is 0.454. The largest absolute Gasteiger partial charge is 0.309 e. The van der Waals surface area contributed by atoms with Crippen molar-refractivity contribution in [1.29, 1.82) is 5.26 Å². The van der Waals surface area contributed by atoms with Gasteiger partial charge in [-0.15, -0.1) is 0 Å². The molecule has 1 aromatic rings. The van der Waals surface area contributed by atoms with Gasteiger partial charge in [0.05, 0.1) is 11.5 Å². The first-order valence-corrected chi connectivity index (χ1v) is 4.51. The second-order valence-corrected chi connectivity index (χ2v) is 2.93. The Morgan fingerprint density at radius 3 is 2.88 bits per heavy atom. The molecule has 1 rings (SSSR count). The minimum Gasteiger partial charge on any atom is -0.309 e. The van der Waals surface area contributed by atoms with E-state index in [1.54, 1.807) is 19.2 Å². The van der Waals surface area contributed by atoms with Gasteiger partial charge in [-0.3, -0.25) is 10.1 Å². The smallest absolute Gasteiger partial charge is 0.288 e. The molecule has 5 heteroatoms. The van der Waals surface area contributed by atoms with E-state index < -0.39 is 4.92 Å². The van der Waals surface area contributed by atoms with Gasteiger partial charge in [-0.25, -0.2) is 0 Å². The van der Waals surface area contributed by atoms with E-state index in [0.29, 0.717) is 12.1 Å². The molecule has 0 aliphatic carbocycles. The standard InChI is InChI=1S/C11H9N3O2/c1-13-6-2-3-9-4-5-10(8-12)11(7-9)14(15)16/h4-5,7,13H,6H2,1H3. The highest BCUT2D eigenvalue weighted by Gasteiger charge is 2.13. The Balaban J connectivity index is 3.10. The average Bonchev–Trinajstić information content (AvgIpc) is 2.29. The zero-order valence-corrected chi connectivity index (χ0v) is 8.65. The summed E-state index contributed by atoms with van der Waals surface area (Å²) in [6, 6.07) is 6.07. The van der Waals surface area contributed by atoms with Crippen LogP contribution in [0.2, 0.25) is 0 Å². The number of nitrogens with zero attached hydrogens (tertiary/aromatic N) is 2. The van der Waals surface area contributed by atoms with Crippen LogP contribution in [0, 0.1) is 33.3 Å². The van der Waals surface area contributed by atoms with Crippen LogP contribution in [0.1, 0.15) is 11.1 Å². The van der Waals surface area contributed by atoms with Crippen LogP contribution in [-0.2, 0) is 0 Å². The summed E-state index contributed by atoms with van der Waals surface area (Å²) in [4.78, 5) is 10.1. The summed E-state index contributed by atoms with van der Waals surface area (Å²) in [5.41, 5.74) is 0.365. The number of nitriles is 1. The topological polar surface area (TPSA) is 79.0 Å². The first kappa shape index (κ1) is 11.7. The maximum Gasteiger partial charge on any atom is 0.288 e. The van der Waals surface area contributed by atoms with Gasteiger partial charge in [0, 0.05) is 11.6 Å². The Labute approximate surface area is 92.9 Å². The minimum absolute atomic E-state index is 0.0455. The molecule has 1 aromatic carbocycles. The summed E-state index contributed by atoms with van der Waals surface area (Å²) in [6.07, 6.45) is 0. The van der Waals surface area contributed by atoms with Gasteiger partial charge >= 0.3 is 0 Å². The molecule has 0 fully saturated rings. The predicted octanol–water partition coefficient (Wildman–Crippen LogP) is 1.04. The number of nitro groups is 1. The maximum absolute atomic E-state index is 10.7. The molecule has 0 amide bonds. The van der Waals surface area contributed by atoms with E-state index in [4.69, 9.17) is 5.26 Å². The molecule has 0 heterocycles. The number of hydrogen-bond donors (Lipinski definition) is 1. The van der Waals surface area contributed by atoms with Gasteiger partial charge < -0.3 is 5.32 Å². The minimum atomic E-state index is -0.582. The molecule has 0 bridgehead atoms. The lowest BCUT2D eigenvalue weighted by atomic mass is 10.1. The molecular formula is C11H9N3O2. The predicted molar refractivity (Wildman–Crippen MR) is 58.6 cm³/mol. The Kier molecular flexibility index (Phi) is 4.02. The number of nitrogens with one attached hydrogen (secondary N) is 1. The van der Waals surface area contributed by atoms with Crippen LogP contribution >= 0.6 is 0 Å². The summed E-state index contributed by atoms with van der Waals surface area (Å²) in [5.74, 6) is 5.55. The normalized spacial score (nSPS) is 8.75. The van der Waals surface area contributed by atoms with Crippen molar-refractivity contribution in [1.82, 2.24) is 5.32 Å². The van der Waals surface area contributed by atoms with E-state index in [0.717, 1.165) is 0 Å². The van der Waals surface area contributed by atoms with Crippen LogP contribution < -0.4 is 5.32 Å². The molecule has 5 nitrogen and oxygen atoms in total. The molecule has 0 aliphatic rings. The van der Waals surface area contributed by atoms with Crippen LogP contribution in [0.15, 0.2) is 18.2 Å². The van der Waals surface area contributed by atoms with Crippen molar-refractivity contribution in [3.8, 4) is 17.9 Å². The van der Waals surface area contributed by atoms with Gasteiger partial charge in [-0.05, 0) is 19.2 Å². The third-order valence-electron chi connectivity index (χ3n) is 1.81. The van der Waals surface area contributed by atoms with Crippen LogP contribution in [0.3, 0.4) is 0 Å². The Hall–Kier alpha value is -2.37. The summed E-state index contributed by atoms with van der Waals surface area (Å²) < 4.78 is 0. The SMILES string of the molecule is CNCC#Cc1ccc(C#N)c([N+](=O)[O-])c1. The van der Waals surface area contributed by atoms with E-state index in [1.807, 2.05) is 0 Å². The number of rotatable bonds is 2. The number of benzene rings is 1. The first-order valence-electron chi connectivity index (χ1n) is 4.51. The average molecular weight is 215 g/mol.